The summed E-state index contributed by atoms with van der Waals surface area (Å²) in [4.78, 5) is 18.0. The van der Waals surface area contributed by atoms with Gasteiger partial charge in [-0.2, -0.15) is 0 Å². The second-order valence-electron chi connectivity index (χ2n) is 9.46. The van der Waals surface area contributed by atoms with Crippen LogP contribution in [0.4, 0.5) is 13.2 Å². The van der Waals surface area contributed by atoms with Gasteiger partial charge in [-0.15, -0.1) is 13.2 Å². The van der Waals surface area contributed by atoms with E-state index in [4.69, 9.17) is 0 Å². The Labute approximate surface area is 181 Å². The number of amides is 1. The number of halogens is 3. The molecule has 3 heterocycles. The van der Waals surface area contributed by atoms with E-state index in [-0.39, 0.29) is 24.1 Å². The number of hydrogen-bond acceptors (Lipinski definition) is 3. The van der Waals surface area contributed by atoms with Gasteiger partial charge in [0.25, 0.3) is 0 Å². The number of alkyl halides is 3. The van der Waals surface area contributed by atoms with Crippen LogP contribution in [-0.4, -0.2) is 53.8 Å². The summed E-state index contributed by atoms with van der Waals surface area (Å²) in [5, 5.41) is 0. The van der Waals surface area contributed by atoms with E-state index in [1.54, 1.807) is 12.1 Å². The van der Waals surface area contributed by atoms with Gasteiger partial charge in [0, 0.05) is 19.1 Å². The van der Waals surface area contributed by atoms with Crippen molar-refractivity contribution >= 4 is 5.91 Å². The molecule has 31 heavy (non-hydrogen) atoms. The molecule has 5 rings (SSSR count). The summed E-state index contributed by atoms with van der Waals surface area (Å²) in [5.41, 5.74) is 2.16. The van der Waals surface area contributed by atoms with Gasteiger partial charge in [-0.1, -0.05) is 30.2 Å². The number of hydrogen-bond donors (Lipinski definition) is 0. The van der Waals surface area contributed by atoms with Crippen molar-refractivity contribution in [1.82, 2.24) is 9.80 Å². The second-order valence-corrected chi connectivity index (χ2v) is 9.46. The lowest BCUT2D eigenvalue weighted by atomic mass is 9.68. The number of carbonyl (C=O) groups is 1. The molecule has 0 aromatic heterocycles. The minimum absolute atomic E-state index is 0.0688. The van der Waals surface area contributed by atoms with Crippen molar-refractivity contribution in [1.29, 1.82) is 0 Å². The molecule has 168 valence electrons. The quantitative estimate of drug-likeness (QED) is 0.655. The molecule has 4 aliphatic rings. The first-order chi connectivity index (χ1) is 14.9. The first kappa shape index (κ1) is 20.9. The zero-order valence-electron chi connectivity index (χ0n) is 17.6. The molecular weight excluding hydrogens is 405 g/mol. The molecule has 3 saturated heterocycles. The molecule has 2 bridgehead atoms. The van der Waals surface area contributed by atoms with Crippen LogP contribution in [0.5, 0.6) is 5.75 Å². The molecule has 4 nitrogen and oxygen atoms in total. The third-order valence-electron chi connectivity index (χ3n) is 7.49. The van der Waals surface area contributed by atoms with Crippen molar-refractivity contribution in [3.63, 3.8) is 0 Å². The highest BCUT2D eigenvalue weighted by atomic mass is 19.4. The molecule has 0 radical (unpaired) electrons. The molecule has 7 heteroatoms. The Morgan fingerprint density at radius 3 is 2.68 bits per heavy atom. The molecule has 0 N–H and O–H groups in total. The Balaban J connectivity index is 1.30. The average molecular weight is 435 g/mol. The van der Waals surface area contributed by atoms with Crippen LogP contribution in [0.25, 0.3) is 0 Å². The van der Waals surface area contributed by atoms with Crippen LogP contribution in [0.15, 0.2) is 35.9 Å². The predicted molar refractivity (Wildman–Crippen MR) is 110 cm³/mol. The minimum atomic E-state index is -4.71. The summed E-state index contributed by atoms with van der Waals surface area (Å²) in [6.07, 6.45) is 5.12. The van der Waals surface area contributed by atoms with Crippen molar-refractivity contribution in [3.8, 4) is 5.75 Å². The Kier molecular flexibility index (Phi) is 5.49. The lowest BCUT2D eigenvalue weighted by Gasteiger charge is -2.54. The van der Waals surface area contributed by atoms with Crippen LogP contribution < -0.4 is 4.74 Å². The number of ether oxygens (including phenoxy) is 1. The van der Waals surface area contributed by atoms with Crippen molar-refractivity contribution in [2.75, 3.05) is 19.6 Å². The molecule has 4 atom stereocenters. The van der Waals surface area contributed by atoms with Crippen LogP contribution in [0.2, 0.25) is 0 Å². The topological polar surface area (TPSA) is 32.8 Å². The van der Waals surface area contributed by atoms with Crippen molar-refractivity contribution < 1.29 is 22.7 Å². The fourth-order valence-corrected chi connectivity index (χ4v) is 6.34. The van der Waals surface area contributed by atoms with E-state index >= 15 is 0 Å². The van der Waals surface area contributed by atoms with Crippen molar-refractivity contribution in [2.45, 2.75) is 63.4 Å². The van der Waals surface area contributed by atoms with Gasteiger partial charge in [0.15, 0.2) is 0 Å². The smallest absolute Gasteiger partial charge is 0.406 e. The van der Waals surface area contributed by atoms with Gasteiger partial charge >= 0.3 is 6.36 Å². The van der Waals surface area contributed by atoms with Gasteiger partial charge < -0.3 is 9.64 Å². The van der Waals surface area contributed by atoms with Crippen LogP contribution in [-0.2, 0) is 11.2 Å². The van der Waals surface area contributed by atoms with E-state index in [9.17, 15) is 18.0 Å². The van der Waals surface area contributed by atoms with Crippen LogP contribution >= 0.6 is 0 Å². The molecule has 0 saturated carbocycles. The van der Waals surface area contributed by atoms with Crippen molar-refractivity contribution in [2.24, 2.45) is 11.8 Å². The minimum Gasteiger partial charge on any atom is -0.406 e. The third kappa shape index (κ3) is 4.34. The van der Waals surface area contributed by atoms with Crippen LogP contribution in [0.1, 0.15) is 44.1 Å². The molecule has 1 amide bonds. The standard InChI is InChI=1S/C24H29F3N2O2/c25-24(26,27)31-20-8-6-16(7-9-20)12-22(30)29-11-3-4-17-13-18-14-19(23(17)29)15-28-10-2-1-5-21(18)28/h6-9,13,18-19,21,23H,1-5,10-12,14-15H2/t18-,19-,21?,23?/m0/s1. The molecule has 3 aliphatic heterocycles. The normalized spacial score (nSPS) is 30.8. The molecule has 3 fully saturated rings. The second kappa shape index (κ2) is 8.15. The van der Waals surface area contributed by atoms with E-state index in [1.807, 2.05) is 0 Å². The molecule has 1 aromatic carbocycles. The fraction of sp³-hybridized carbons (Fsp3) is 0.625. The van der Waals surface area contributed by atoms with Gasteiger partial charge in [0.1, 0.15) is 5.75 Å². The van der Waals surface area contributed by atoms with Gasteiger partial charge in [0.05, 0.1) is 12.5 Å². The monoisotopic (exact) mass is 434 g/mol. The Morgan fingerprint density at radius 2 is 1.90 bits per heavy atom. The first-order valence-electron chi connectivity index (χ1n) is 11.5. The molecule has 1 aromatic rings. The highest BCUT2D eigenvalue weighted by Gasteiger charge is 2.46. The van der Waals surface area contributed by atoms with E-state index in [2.05, 4.69) is 20.6 Å². The number of likely N-dealkylation sites (tertiary alicyclic amines) is 1. The largest absolute Gasteiger partial charge is 0.573 e. The number of rotatable bonds is 3. The summed E-state index contributed by atoms with van der Waals surface area (Å²) in [5.74, 6) is 0.926. The number of carbonyl (C=O) groups excluding carboxylic acids is 1. The predicted octanol–water partition coefficient (Wildman–Crippen LogP) is 4.55. The maximum absolute atomic E-state index is 13.3. The molecular formula is C24H29F3N2O2. The summed E-state index contributed by atoms with van der Waals surface area (Å²) in [7, 11) is 0. The Morgan fingerprint density at radius 1 is 1.10 bits per heavy atom. The summed E-state index contributed by atoms with van der Waals surface area (Å²) in [6.45, 7) is 3.02. The van der Waals surface area contributed by atoms with Gasteiger partial charge in [0.2, 0.25) is 5.91 Å². The van der Waals surface area contributed by atoms with E-state index in [1.165, 1.54) is 49.9 Å². The number of piperidine rings is 3. The van der Waals surface area contributed by atoms with E-state index in [0.717, 1.165) is 25.9 Å². The Bertz CT molecular complexity index is 851. The third-order valence-corrected chi connectivity index (χ3v) is 7.49. The van der Waals surface area contributed by atoms with Gasteiger partial charge in [-0.25, -0.2) is 0 Å². The fourth-order valence-electron chi connectivity index (χ4n) is 6.34. The lowest BCUT2D eigenvalue weighted by molar-refractivity contribution is -0.274. The number of benzene rings is 1. The summed E-state index contributed by atoms with van der Waals surface area (Å²) < 4.78 is 41.0. The van der Waals surface area contributed by atoms with Crippen molar-refractivity contribution in [3.05, 3.63) is 41.5 Å². The number of nitrogens with zero attached hydrogens (tertiary/aromatic N) is 2. The summed E-state index contributed by atoms with van der Waals surface area (Å²) in [6, 6.07) is 6.53. The zero-order chi connectivity index (χ0) is 21.6. The van der Waals surface area contributed by atoms with Gasteiger partial charge in [-0.3, -0.25) is 9.69 Å². The molecule has 2 unspecified atom stereocenters. The maximum atomic E-state index is 13.3. The molecule has 0 spiro atoms. The van der Waals surface area contributed by atoms with E-state index in [0.29, 0.717) is 23.4 Å². The highest BCUT2D eigenvalue weighted by molar-refractivity contribution is 5.80. The van der Waals surface area contributed by atoms with E-state index < -0.39 is 6.36 Å². The number of fused-ring (bicyclic) bond motifs is 6. The SMILES string of the molecule is O=C(Cc1ccc(OC(F)(F)F)cc1)N1CCCC2=C[C@H]3C[C@@H](CN4CCCCC34)C21. The average Bonchev–Trinajstić information content (AvgIpc) is 2.74. The lowest BCUT2D eigenvalue weighted by Crippen LogP contribution is -2.60. The zero-order valence-corrected chi connectivity index (χ0v) is 17.6. The summed E-state index contributed by atoms with van der Waals surface area (Å²) >= 11 is 0. The van der Waals surface area contributed by atoms with Crippen LogP contribution in [0.3, 0.4) is 0 Å². The molecule has 1 aliphatic carbocycles. The first-order valence-corrected chi connectivity index (χ1v) is 11.5. The van der Waals surface area contributed by atoms with Crippen LogP contribution in [0, 0.1) is 11.8 Å². The Hall–Kier alpha value is -2.02. The maximum Gasteiger partial charge on any atom is 0.573 e. The van der Waals surface area contributed by atoms with Gasteiger partial charge in [-0.05, 0) is 68.2 Å². The highest BCUT2D eigenvalue weighted by Crippen LogP contribution is 2.45.